The van der Waals surface area contributed by atoms with Crippen molar-refractivity contribution in [2.45, 2.75) is 26.8 Å². The van der Waals surface area contributed by atoms with Crippen LogP contribution in [0.15, 0.2) is 67.3 Å². The Kier molecular flexibility index (Phi) is 5.32. The third-order valence-electron chi connectivity index (χ3n) is 4.39. The third kappa shape index (κ3) is 4.28. The average Bonchev–Trinajstić information content (AvgIpc) is 3.16. The second kappa shape index (κ2) is 7.83. The number of hydrogen-bond acceptors (Lipinski definition) is 2. The summed E-state index contributed by atoms with van der Waals surface area (Å²) in [6, 6.07) is 14.2. The van der Waals surface area contributed by atoms with Crippen molar-refractivity contribution in [2.24, 2.45) is 0 Å². The number of benzene rings is 2. The molecule has 0 unspecified atom stereocenters. The molecule has 0 aliphatic rings. The Balaban J connectivity index is 1.62. The lowest BCUT2D eigenvalue weighted by Crippen LogP contribution is -2.24. The summed E-state index contributed by atoms with van der Waals surface area (Å²) in [6.07, 6.45) is 8.86. The van der Waals surface area contributed by atoms with E-state index in [-0.39, 0.29) is 11.9 Å². The van der Waals surface area contributed by atoms with Crippen LogP contribution in [0.5, 0.6) is 0 Å². The fraction of sp³-hybridized carbons (Fsp3) is 0.182. The van der Waals surface area contributed by atoms with E-state index in [0.29, 0.717) is 0 Å². The van der Waals surface area contributed by atoms with Crippen molar-refractivity contribution in [3.05, 3.63) is 89.5 Å². The van der Waals surface area contributed by atoms with Crippen LogP contribution < -0.4 is 5.32 Å². The molecule has 0 radical (unpaired) electrons. The molecule has 2 aromatic carbocycles. The quantitative estimate of drug-likeness (QED) is 0.698. The Morgan fingerprint density at radius 3 is 2.58 bits per heavy atom. The highest BCUT2D eigenvalue weighted by atomic mass is 16.1. The van der Waals surface area contributed by atoms with Gasteiger partial charge in [-0.1, -0.05) is 35.9 Å². The van der Waals surface area contributed by atoms with E-state index in [1.165, 1.54) is 5.56 Å². The molecule has 3 rings (SSSR count). The molecule has 26 heavy (non-hydrogen) atoms. The molecular formula is C22H23N3O. The molecule has 0 saturated carbocycles. The standard InChI is InChI=1S/C22H23N3O/c1-16-4-5-19(17(2)14-16)8-11-22(26)24-18(3)20-6-9-21(10-7-20)25-13-12-23-15-25/h4-15,18H,1-3H3,(H,24,26)/b11-8+/t18-/m1/s1. The first-order valence-corrected chi connectivity index (χ1v) is 8.67. The van der Waals surface area contributed by atoms with E-state index < -0.39 is 0 Å². The number of nitrogens with zero attached hydrogens (tertiary/aromatic N) is 2. The van der Waals surface area contributed by atoms with Gasteiger partial charge in [0.1, 0.15) is 0 Å². The number of amides is 1. The third-order valence-corrected chi connectivity index (χ3v) is 4.39. The second-order valence-electron chi connectivity index (χ2n) is 6.49. The molecule has 0 saturated heterocycles. The number of hydrogen-bond donors (Lipinski definition) is 1. The minimum Gasteiger partial charge on any atom is -0.346 e. The molecule has 1 atom stereocenters. The highest BCUT2D eigenvalue weighted by Gasteiger charge is 2.08. The van der Waals surface area contributed by atoms with Crippen LogP contribution in [-0.2, 0) is 4.79 Å². The van der Waals surface area contributed by atoms with Crippen molar-refractivity contribution in [1.82, 2.24) is 14.9 Å². The minimum absolute atomic E-state index is 0.0666. The lowest BCUT2D eigenvalue weighted by molar-refractivity contribution is -0.117. The van der Waals surface area contributed by atoms with Gasteiger partial charge in [0, 0.05) is 24.2 Å². The molecule has 1 heterocycles. The van der Waals surface area contributed by atoms with Crippen molar-refractivity contribution in [3.8, 4) is 5.69 Å². The Morgan fingerprint density at radius 1 is 1.15 bits per heavy atom. The molecule has 0 spiro atoms. The molecule has 0 aliphatic carbocycles. The molecule has 0 bridgehead atoms. The molecule has 132 valence electrons. The van der Waals surface area contributed by atoms with Gasteiger partial charge >= 0.3 is 0 Å². The first-order chi connectivity index (χ1) is 12.5. The fourth-order valence-electron chi connectivity index (χ4n) is 2.87. The molecule has 3 aromatic rings. The van der Waals surface area contributed by atoms with Gasteiger partial charge in [0.25, 0.3) is 0 Å². The topological polar surface area (TPSA) is 46.9 Å². The summed E-state index contributed by atoms with van der Waals surface area (Å²) in [5, 5.41) is 3.01. The summed E-state index contributed by atoms with van der Waals surface area (Å²) in [6.45, 7) is 6.09. The number of carbonyl (C=O) groups excluding carboxylic acids is 1. The highest BCUT2D eigenvalue weighted by molar-refractivity contribution is 5.92. The summed E-state index contributed by atoms with van der Waals surface area (Å²) < 4.78 is 1.94. The van der Waals surface area contributed by atoms with Crippen molar-refractivity contribution < 1.29 is 4.79 Å². The van der Waals surface area contributed by atoms with E-state index >= 15 is 0 Å². The van der Waals surface area contributed by atoms with E-state index in [4.69, 9.17) is 0 Å². The lowest BCUT2D eigenvalue weighted by Gasteiger charge is -2.14. The first kappa shape index (κ1) is 17.7. The minimum atomic E-state index is -0.101. The molecule has 0 aliphatic heterocycles. The summed E-state index contributed by atoms with van der Waals surface area (Å²) in [4.78, 5) is 16.3. The van der Waals surface area contributed by atoms with E-state index in [1.54, 1.807) is 18.6 Å². The van der Waals surface area contributed by atoms with Gasteiger partial charge in [-0.25, -0.2) is 4.98 Å². The average molecular weight is 345 g/mol. The zero-order valence-electron chi connectivity index (χ0n) is 15.3. The number of nitrogens with one attached hydrogen (secondary N) is 1. The number of carbonyl (C=O) groups is 1. The van der Waals surface area contributed by atoms with Crippen LogP contribution in [0.4, 0.5) is 0 Å². The van der Waals surface area contributed by atoms with Gasteiger partial charge in [-0.3, -0.25) is 4.79 Å². The van der Waals surface area contributed by atoms with E-state index in [0.717, 1.165) is 22.4 Å². The van der Waals surface area contributed by atoms with Gasteiger partial charge in [0.2, 0.25) is 5.91 Å². The summed E-state index contributed by atoms with van der Waals surface area (Å²) in [5.74, 6) is -0.101. The van der Waals surface area contributed by atoms with Gasteiger partial charge in [0.05, 0.1) is 12.4 Å². The molecule has 0 fully saturated rings. The predicted octanol–water partition coefficient (Wildman–Crippen LogP) is 4.38. The molecule has 1 amide bonds. The first-order valence-electron chi connectivity index (χ1n) is 8.67. The number of imidazole rings is 1. The van der Waals surface area contributed by atoms with Gasteiger partial charge in [-0.05, 0) is 55.7 Å². The zero-order valence-corrected chi connectivity index (χ0v) is 15.3. The zero-order chi connectivity index (χ0) is 18.5. The molecule has 1 N–H and O–H groups in total. The number of rotatable bonds is 5. The molecule has 4 heteroatoms. The van der Waals surface area contributed by atoms with Crippen LogP contribution in [0.3, 0.4) is 0 Å². The molecule has 4 nitrogen and oxygen atoms in total. The highest BCUT2D eigenvalue weighted by Crippen LogP contribution is 2.16. The van der Waals surface area contributed by atoms with Crippen LogP contribution in [0.1, 0.15) is 35.2 Å². The maximum Gasteiger partial charge on any atom is 0.244 e. The maximum absolute atomic E-state index is 12.2. The van der Waals surface area contributed by atoms with Crippen LogP contribution in [0, 0.1) is 13.8 Å². The van der Waals surface area contributed by atoms with Crippen LogP contribution >= 0.6 is 0 Å². The SMILES string of the molecule is Cc1ccc(/C=C/C(=O)N[C@H](C)c2ccc(-n3ccnc3)cc2)c(C)c1. The Hall–Kier alpha value is -3.14. The van der Waals surface area contributed by atoms with Crippen molar-refractivity contribution in [2.75, 3.05) is 0 Å². The Morgan fingerprint density at radius 2 is 1.92 bits per heavy atom. The van der Waals surface area contributed by atoms with Crippen molar-refractivity contribution in [3.63, 3.8) is 0 Å². The number of aromatic nitrogens is 2. The second-order valence-corrected chi connectivity index (χ2v) is 6.49. The Labute approximate surface area is 154 Å². The predicted molar refractivity (Wildman–Crippen MR) is 105 cm³/mol. The van der Waals surface area contributed by atoms with Crippen molar-refractivity contribution in [1.29, 1.82) is 0 Å². The van der Waals surface area contributed by atoms with Gasteiger partial charge in [-0.2, -0.15) is 0 Å². The fourth-order valence-corrected chi connectivity index (χ4v) is 2.87. The normalized spacial score (nSPS) is 12.3. The summed E-state index contributed by atoms with van der Waals surface area (Å²) in [7, 11) is 0. The van der Waals surface area contributed by atoms with Gasteiger partial charge in [-0.15, -0.1) is 0 Å². The van der Waals surface area contributed by atoms with Gasteiger partial charge < -0.3 is 9.88 Å². The Bertz CT molecular complexity index is 909. The summed E-state index contributed by atoms with van der Waals surface area (Å²) >= 11 is 0. The molecule has 1 aromatic heterocycles. The lowest BCUT2D eigenvalue weighted by atomic mass is 10.1. The van der Waals surface area contributed by atoms with Crippen molar-refractivity contribution >= 4 is 12.0 Å². The summed E-state index contributed by atoms with van der Waals surface area (Å²) in [5.41, 5.74) is 5.54. The van der Waals surface area contributed by atoms with Crippen LogP contribution in [0.25, 0.3) is 11.8 Å². The van der Waals surface area contributed by atoms with E-state index in [9.17, 15) is 4.79 Å². The maximum atomic E-state index is 12.2. The van der Waals surface area contributed by atoms with E-state index in [2.05, 4.69) is 36.3 Å². The smallest absolute Gasteiger partial charge is 0.244 e. The largest absolute Gasteiger partial charge is 0.346 e. The molecular weight excluding hydrogens is 322 g/mol. The van der Waals surface area contributed by atoms with E-state index in [1.807, 2.05) is 54.1 Å². The monoisotopic (exact) mass is 345 g/mol. The van der Waals surface area contributed by atoms with Crippen LogP contribution in [0.2, 0.25) is 0 Å². The van der Waals surface area contributed by atoms with Gasteiger partial charge in [0.15, 0.2) is 0 Å². The van der Waals surface area contributed by atoms with Crippen LogP contribution in [-0.4, -0.2) is 15.5 Å². The number of aryl methyl sites for hydroxylation is 2.